The molecule has 0 N–H and O–H groups in total. The molecule has 0 aliphatic carbocycles. The number of hydrogen-bond acceptors (Lipinski definition) is 3. The zero-order valence-electron chi connectivity index (χ0n) is 12.6. The van der Waals surface area contributed by atoms with Crippen LogP contribution in [0, 0.1) is 5.82 Å². The van der Waals surface area contributed by atoms with Crippen molar-refractivity contribution in [2.75, 3.05) is 32.7 Å². The Bertz CT molecular complexity index is 459. The summed E-state index contributed by atoms with van der Waals surface area (Å²) in [6.07, 6.45) is 2.08. The number of hydrogen-bond donors (Lipinski definition) is 0. The number of unbranched alkanes of at least 4 members (excludes halogenated alkanes) is 1. The molecule has 21 heavy (non-hydrogen) atoms. The van der Waals surface area contributed by atoms with Crippen molar-refractivity contribution in [1.29, 1.82) is 0 Å². The molecule has 1 fully saturated rings. The number of halogens is 1. The van der Waals surface area contributed by atoms with E-state index in [4.69, 9.17) is 4.74 Å². The number of carbonyl (C=O) groups excluding carboxylic acids is 1. The monoisotopic (exact) mass is 294 g/mol. The van der Waals surface area contributed by atoms with Gasteiger partial charge in [-0.25, -0.2) is 9.18 Å². The molecule has 4 nitrogen and oxygen atoms in total. The van der Waals surface area contributed by atoms with E-state index in [1.165, 1.54) is 25.0 Å². The number of piperazine rings is 1. The van der Waals surface area contributed by atoms with Crippen molar-refractivity contribution in [2.45, 2.75) is 26.4 Å². The van der Waals surface area contributed by atoms with E-state index in [0.29, 0.717) is 18.7 Å². The van der Waals surface area contributed by atoms with Crippen LogP contribution in [-0.2, 0) is 11.3 Å². The van der Waals surface area contributed by atoms with Crippen molar-refractivity contribution in [2.24, 2.45) is 0 Å². The van der Waals surface area contributed by atoms with Gasteiger partial charge in [-0.1, -0.05) is 25.5 Å². The number of rotatable bonds is 5. The molecule has 1 aliphatic heterocycles. The summed E-state index contributed by atoms with van der Waals surface area (Å²) in [6.45, 7) is 6.59. The fourth-order valence-electron chi connectivity index (χ4n) is 2.40. The van der Waals surface area contributed by atoms with Crippen LogP contribution < -0.4 is 0 Å². The largest absolute Gasteiger partial charge is 0.445 e. The minimum atomic E-state index is -0.312. The summed E-state index contributed by atoms with van der Waals surface area (Å²) in [5.74, 6) is -0.312. The minimum absolute atomic E-state index is 0.118. The molecule has 116 valence electrons. The van der Waals surface area contributed by atoms with Crippen molar-refractivity contribution < 1.29 is 13.9 Å². The Morgan fingerprint density at radius 3 is 2.71 bits per heavy atom. The van der Waals surface area contributed by atoms with Crippen molar-refractivity contribution in [3.8, 4) is 0 Å². The number of ether oxygens (including phenoxy) is 1. The van der Waals surface area contributed by atoms with Crippen molar-refractivity contribution in [3.63, 3.8) is 0 Å². The summed E-state index contributed by atoms with van der Waals surface area (Å²) in [5, 5.41) is 0. The lowest BCUT2D eigenvalue weighted by Crippen LogP contribution is -2.48. The maximum Gasteiger partial charge on any atom is 0.410 e. The van der Waals surface area contributed by atoms with Gasteiger partial charge in [0.2, 0.25) is 0 Å². The second kappa shape index (κ2) is 7.98. The van der Waals surface area contributed by atoms with Crippen molar-refractivity contribution in [1.82, 2.24) is 9.80 Å². The highest BCUT2D eigenvalue weighted by atomic mass is 19.1. The standard InChI is InChI=1S/C16H23FN2O2/c1-2-3-7-18-8-10-19(11-9-18)16(20)21-13-14-5-4-6-15(17)12-14/h4-6,12H,2-3,7-11,13H2,1H3. The van der Waals surface area contributed by atoms with Crippen molar-refractivity contribution >= 4 is 6.09 Å². The lowest BCUT2D eigenvalue weighted by molar-refractivity contribution is 0.0713. The summed E-state index contributed by atoms with van der Waals surface area (Å²) in [7, 11) is 0. The Balaban J connectivity index is 1.72. The molecule has 0 saturated carbocycles. The van der Waals surface area contributed by atoms with Crippen LogP contribution in [0.2, 0.25) is 0 Å². The lowest BCUT2D eigenvalue weighted by Gasteiger charge is -2.34. The molecule has 0 bridgehead atoms. The van der Waals surface area contributed by atoms with Gasteiger partial charge in [0, 0.05) is 26.2 Å². The summed E-state index contributed by atoms with van der Waals surface area (Å²) in [5.41, 5.74) is 0.671. The van der Waals surface area contributed by atoms with Gasteiger partial charge in [0.1, 0.15) is 12.4 Å². The highest BCUT2D eigenvalue weighted by Crippen LogP contribution is 2.09. The molecular formula is C16H23FN2O2. The Labute approximate surface area is 125 Å². The van der Waals surface area contributed by atoms with E-state index in [-0.39, 0.29) is 18.5 Å². The quantitative estimate of drug-likeness (QED) is 0.837. The molecule has 2 rings (SSSR count). The molecular weight excluding hydrogens is 271 g/mol. The zero-order valence-corrected chi connectivity index (χ0v) is 12.6. The van der Waals surface area contributed by atoms with E-state index in [0.717, 1.165) is 19.6 Å². The molecule has 0 unspecified atom stereocenters. The first-order chi connectivity index (χ1) is 10.2. The Morgan fingerprint density at radius 1 is 1.29 bits per heavy atom. The van der Waals surface area contributed by atoms with Crippen LogP contribution in [0.4, 0.5) is 9.18 Å². The summed E-state index contributed by atoms with van der Waals surface area (Å²) < 4.78 is 18.3. The average Bonchev–Trinajstić information content (AvgIpc) is 2.51. The normalized spacial score (nSPS) is 16.0. The third-order valence-corrected chi connectivity index (χ3v) is 3.71. The van der Waals surface area contributed by atoms with Crippen LogP contribution in [0.25, 0.3) is 0 Å². The van der Waals surface area contributed by atoms with Gasteiger partial charge in [-0.15, -0.1) is 0 Å². The van der Waals surface area contributed by atoms with Crippen molar-refractivity contribution in [3.05, 3.63) is 35.6 Å². The maximum atomic E-state index is 13.0. The molecule has 0 atom stereocenters. The van der Waals surface area contributed by atoms with Crippen LogP contribution in [0.5, 0.6) is 0 Å². The number of amides is 1. The molecule has 1 amide bonds. The SMILES string of the molecule is CCCCN1CCN(C(=O)OCc2cccc(F)c2)CC1. The van der Waals surface area contributed by atoms with Crippen LogP contribution in [0.1, 0.15) is 25.3 Å². The fourth-order valence-corrected chi connectivity index (χ4v) is 2.40. The van der Waals surface area contributed by atoms with Gasteiger partial charge in [-0.2, -0.15) is 0 Å². The molecule has 0 spiro atoms. The zero-order chi connectivity index (χ0) is 15.1. The summed E-state index contributed by atoms with van der Waals surface area (Å²) in [4.78, 5) is 16.1. The van der Waals surface area contributed by atoms with Gasteiger partial charge in [-0.05, 0) is 30.7 Å². The minimum Gasteiger partial charge on any atom is -0.445 e. The van der Waals surface area contributed by atoms with Crippen LogP contribution in [-0.4, -0.2) is 48.6 Å². The first-order valence-electron chi connectivity index (χ1n) is 7.57. The molecule has 1 aromatic carbocycles. The van der Waals surface area contributed by atoms with E-state index in [1.807, 2.05) is 0 Å². The molecule has 0 aromatic heterocycles. The lowest BCUT2D eigenvalue weighted by atomic mass is 10.2. The topological polar surface area (TPSA) is 32.8 Å². The number of carbonyl (C=O) groups is 1. The fraction of sp³-hybridized carbons (Fsp3) is 0.562. The van der Waals surface area contributed by atoms with E-state index >= 15 is 0 Å². The van der Waals surface area contributed by atoms with E-state index in [1.54, 1.807) is 17.0 Å². The summed E-state index contributed by atoms with van der Waals surface area (Å²) in [6, 6.07) is 6.13. The third kappa shape index (κ3) is 5.01. The van der Waals surface area contributed by atoms with Gasteiger partial charge in [0.15, 0.2) is 0 Å². The smallest absolute Gasteiger partial charge is 0.410 e. The second-order valence-corrected chi connectivity index (χ2v) is 5.37. The van der Waals surface area contributed by atoms with Gasteiger partial charge in [-0.3, -0.25) is 4.90 Å². The predicted octanol–water partition coefficient (Wildman–Crippen LogP) is 2.88. The maximum absolute atomic E-state index is 13.0. The molecule has 5 heteroatoms. The molecule has 1 aromatic rings. The van der Waals surface area contributed by atoms with Gasteiger partial charge in [0.05, 0.1) is 0 Å². The highest BCUT2D eigenvalue weighted by Gasteiger charge is 2.21. The molecule has 1 saturated heterocycles. The van der Waals surface area contributed by atoms with Crippen LogP contribution in [0.15, 0.2) is 24.3 Å². The molecule has 0 radical (unpaired) electrons. The average molecular weight is 294 g/mol. The van der Waals surface area contributed by atoms with E-state index in [9.17, 15) is 9.18 Å². The third-order valence-electron chi connectivity index (χ3n) is 3.71. The second-order valence-electron chi connectivity index (χ2n) is 5.37. The first kappa shape index (κ1) is 15.8. The Hall–Kier alpha value is -1.62. The highest BCUT2D eigenvalue weighted by molar-refractivity contribution is 5.67. The van der Waals surface area contributed by atoms with E-state index in [2.05, 4.69) is 11.8 Å². The summed E-state index contributed by atoms with van der Waals surface area (Å²) >= 11 is 0. The molecule has 1 aliphatic rings. The van der Waals surface area contributed by atoms with Gasteiger partial charge >= 0.3 is 6.09 Å². The number of benzene rings is 1. The van der Waals surface area contributed by atoms with Gasteiger partial charge < -0.3 is 9.64 Å². The van der Waals surface area contributed by atoms with Crippen LogP contribution in [0.3, 0.4) is 0 Å². The Kier molecular flexibility index (Phi) is 5.99. The Morgan fingerprint density at radius 2 is 2.05 bits per heavy atom. The number of nitrogens with zero attached hydrogens (tertiary/aromatic N) is 2. The van der Waals surface area contributed by atoms with Crippen LogP contribution >= 0.6 is 0 Å². The van der Waals surface area contributed by atoms with E-state index < -0.39 is 0 Å². The molecule has 1 heterocycles. The van der Waals surface area contributed by atoms with Gasteiger partial charge in [0.25, 0.3) is 0 Å². The predicted molar refractivity (Wildman–Crippen MR) is 79.5 cm³/mol. The first-order valence-corrected chi connectivity index (χ1v) is 7.57.